The molecule has 0 bridgehead atoms. The van der Waals surface area contributed by atoms with Crippen molar-refractivity contribution in [2.24, 2.45) is 0 Å². The van der Waals surface area contributed by atoms with Gasteiger partial charge in [0.05, 0.1) is 0 Å². The zero-order valence-electron chi connectivity index (χ0n) is 31.5. The molecule has 260 valence electrons. The molecule has 5 aromatic rings. The zero-order chi connectivity index (χ0) is 35.0. The molecular formula is C44H59NS2Sn2. The van der Waals surface area contributed by atoms with Crippen LogP contribution in [0.5, 0.6) is 0 Å². The number of hydrogen-bond donors (Lipinski definition) is 0. The maximum atomic E-state index is 2.59. The van der Waals surface area contributed by atoms with Crippen LogP contribution in [0.15, 0.2) is 91.0 Å². The van der Waals surface area contributed by atoms with Crippen molar-refractivity contribution in [3.8, 4) is 20.9 Å². The minimum absolute atomic E-state index is 1.19. The molecule has 0 radical (unpaired) electrons. The number of anilines is 3. The molecule has 0 aliphatic heterocycles. The van der Waals surface area contributed by atoms with Crippen LogP contribution in [0.3, 0.4) is 0 Å². The third kappa shape index (κ3) is 10.3. The van der Waals surface area contributed by atoms with E-state index in [-0.39, 0.29) is 0 Å². The Labute approximate surface area is 315 Å². The molecule has 0 aliphatic carbocycles. The minimum atomic E-state index is -2.18. The van der Waals surface area contributed by atoms with Crippen molar-refractivity contribution < 1.29 is 0 Å². The average molecular weight is 904 g/mol. The first-order chi connectivity index (χ1) is 23.5. The topological polar surface area (TPSA) is 3.24 Å². The van der Waals surface area contributed by atoms with E-state index >= 15 is 0 Å². The second-order valence-corrected chi connectivity index (χ2v) is 48.8. The van der Waals surface area contributed by atoms with Gasteiger partial charge in [-0.2, -0.15) is 0 Å². The normalized spacial score (nSPS) is 12.1. The summed E-state index contributed by atoms with van der Waals surface area (Å²) in [5, 5.41) is 0. The average Bonchev–Trinajstić information content (AvgIpc) is 3.72. The van der Waals surface area contributed by atoms with Gasteiger partial charge in [0.1, 0.15) is 0 Å². The van der Waals surface area contributed by atoms with E-state index in [1.807, 2.05) is 0 Å². The predicted molar refractivity (Wildman–Crippen MR) is 229 cm³/mol. The molecule has 0 N–H and O–H groups in total. The van der Waals surface area contributed by atoms with Gasteiger partial charge >= 0.3 is 318 Å². The zero-order valence-corrected chi connectivity index (χ0v) is 38.8. The summed E-state index contributed by atoms with van der Waals surface area (Å²) in [5.41, 5.74) is 9.48. The van der Waals surface area contributed by atoms with Gasteiger partial charge < -0.3 is 0 Å². The number of aryl methyl sites for hydroxylation is 2. The standard InChI is InChI=1S/C38H41NS2.6CH3.2Sn/c1-3-5-7-10-14-30-26-28-40-37(30)32-18-22-35(23-19-32)39(34-16-12-9-13-17-34)36-24-20-33(21-25-36)38-31(27-29-41-38)15-11-8-6-4-2;;;;;;;;/h9,12-13,16-27H,3-8,10-11,14-15H2,1-2H3;6*1H3;;. The van der Waals surface area contributed by atoms with E-state index < -0.39 is 36.8 Å². The summed E-state index contributed by atoms with van der Waals surface area (Å²) in [6, 6.07) is 34.9. The summed E-state index contributed by atoms with van der Waals surface area (Å²) in [4.78, 5) is 20.7. The van der Waals surface area contributed by atoms with Crippen molar-refractivity contribution in [2.75, 3.05) is 4.90 Å². The van der Waals surface area contributed by atoms with Gasteiger partial charge in [-0.05, 0) is 0 Å². The van der Waals surface area contributed by atoms with Gasteiger partial charge in [0, 0.05) is 0 Å². The van der Waals surface area contributed by atoms with Gasteiger partial charge in [0.2, 0.25) is 0 Å². The van der Waals surface area contributed by atoms with Crippen LogP contribution in [0.25, 0.3) is 20.9 Å². The van der Waals surface area contributed by atoms with Crippen LogP contribution in [0.1, 0.15) is 76.3 Å². The molecular weight excluding hydrogens is 844 g/mol. The van der Waals surface area contributed by atoms with Gasteiger partial charge in [-0.1, -0.05) is 0 Å². The van der Waals surface area contributed by atoms with Crippen molar-refractivity contribution in [2.45, 2.75) is 108 Å². The van der Waals surface area contributed by atoms with E-state index in [9.17, 15) is 0 Å². The van der Waals surface area contributed by atoms with Crippen LogP contribution >= 0.6 is 22.7 Å². The third-order valence-electron chi connectivity index (χ3n) is 9.49. The Hall–Kier alpha value is -1.54. The number of hydrogen-bond acceptors (Lipinski definition) is 3. The van der Waals surface area contributed by atoms with E-state index in [1.54, 1.807) is 16.9 Å². The Morgan fingerprint density at radius 2 is 0.857 bits per heavy atom. The second-order valence-electron chi connectivity index (χ2n) is 15.8. The monoisotopic (exact) mass is 905 g/mol. The van der Waals surface area contributed by atoms with Crippen LogP contribution in [0.4, 0.5) is 17.1 Å². The van der Waals surface area contributed by atoms with Crippen LogP contribution in [-0.4, -0.2) is 36.8 Å². The number of unbranched alkanes of at least 4 members (excludes halogenated alkanes) is 6. The molecule has 0 saturated carbocycles. The molecule has 0 spiro atoms. The Morgan fingerprint density at radius 1 is 0.469 bits per heavy atom. The van der Waals surface area contributed by atoms with Crippen molar-refractivity contribution in [3.05, 3.63) is 102 Å². The molecule has 2 heterocycles. The fourth-order valence-corrected chi connectivity index (χ4v) is 19.5. The van der Waals surface area contributed by atoms with Crippen LogP contribution in [0.2, 0.25) is 29.6 Å². The van der Waals surface area contributed by atoms with Gasteiger partial charge in [-0.3, -0.25) is 0 Å². The van der Waals surface area contributed by atoms with E-state index in [1.165, 1.54) is 102 Å². The molecule has 0 amide bonds. The first-order valence-electron chi connectivity index (χ1n) is 18.8. The molecule has 0 unspecified atom stereocenters. The van der Waals surface area contributed by atoms with E-state index in [0.29, 0.717) is 0 Å². The number of benzene rings is 3. The third-order valence-corrected chi connectivity index (χ3v) is 30.8. The Kier molecular flexibility index (Phi) is 14.0. The molecule has 0 aliphatic rings. The van der Waals surface area contributed by atoms with E-state index in [0.717, 1.165) is 0 Å². The fraction of sp³-hybridized carbons (Fsp3) is 0.409. The summed E-state index contributed by atoms with van der Waals surface area (Å²) in [6.07, 6.45) is 12.9. The number of rotatable bonds is 17. The first-order valence-corrected chi connectivity index (χ1v) is 40.4. The first kappa shape index (κ1) is 38.7. The van der Waals surface area contributed by atoms with Crippen molar-refractivity contribution in [1.82, 2.24) is 0 Å². The molecule has 5 rings (SSSR count). The number of para-hydroxylation sites is 1. The Morgan fingerprint density at radius 3 is 1.22 bits per heavy atom. The van der Waals surface area contributed by atoms with Crippen molar-refractivity contribution in [3.63, 3.8) is 0 Å². The fourth-order valence-electron chi connectivity index (χ4n) is 6.49. The second kappa shape index (κ2) is 17.8. The van der Waals surface area contributed by atoms with Gasteiger partial charge in [0.15, 0.2) is 0 Å². The quantitative estimate of drug-likeness (QED) is 0.0664. The summed E-state index contributed by atoms with van der Waals surface area (Å²) in [7, 11) is 0. The number of thiophene rings is 2. The predicted octanol–water partition coefficient (Wildman–Crippen LogP) is 13.9. The summed E-state index contributed by atoms with van der Waals surface area (Å²) >= 11 is -0.184. The van der Waals surface area contributed by atoms with Crippen LogP contribution in [0, 0.1) is 0 Å². The molecule has 5 heteroatoms. The molecule has 0 fully saturated rings. The van der Waals surface area contributed by atoms with E-state index in [2.05, 4.69) is 162 Å². The van der Waals surface area contributed by atoms with Crippen LogP contribution < -0.4 is 10.7 Å². The molecule has 49 heavy (non-hydrogen) atoms. The molecule has 0 saturated heterocycles. The van der Waals surface area contributed by atoms with Crippen LogP contribution in [-0.2, 0) is 12.8 Å². The molecule has 2 aromatic heterocycles. The van der Waals surface area contributed by atoms with Gasteiger partial charge in [0.25, 0.3) is 0 Å². The Bertz CT molecular complexity index is 1620. The maximum absolute atomic E-state index is 2.59. The number of nitrogens with zero attached hydrogens (tertiary/aromatic N) is 1. The molecule has 3 aromatic carbocycles. The Balaban J connectivity index is 1.46. The van der Waals surface area contributed by atoms with Crippen molar-refractivity contribution >= 4 is 82.3 Å². The summed E-state index contributed by atoms with van der Waals surface area (Å²) in [5.74, 6) is 0. The molecule has 1 nitrogen and oxygen atoms in total. The van der Waals surface area contributed by atoms with Gasteiger partial charge in [-0.15, -0.1) is 0 Å². The van der Waals surface area contributed by atoms with Gasteiger partial charge in [-0.25, -0.2) is 0 Å². The summed E-state index contributed by atoms with van der Waals surface area (Å²) in [6.45, 7) is 4.61. The summed E-state index contributed by atoms with van der Waals surface area (Å²) < 4.78 is 3.38. The van der Waals surface area contributed by atoms with Crippen molar-refractivity contribution in [1.29, 1.82) is 0 Å². The SMILES string of the molecule is CCCCCCc1c[c]([Sn]([CH3])([CH3])[CH3])sc1-c1ccc(N(c2ccccc2)c2ccc(-c3s[c]([Sn]([CH3])([CH3])[CH3])cc3CCCCCC)cc2)cc1. The van der Waals surface area contributed by atoms with E-state index in [4.69, 9.17) is 0 Å². The molecule has 0 atom stereocenters.